The van der Waals surface area contributed by atoms with Crippen LogP contribution in [0.5, 0.6) is 11.5 Å². The van der Waals surface area contributed by atoms with Gasteiger partial charge in [0.2, 0.25) is 0 Å². The van der Waals surface area contributed by atoms with Gasteiger partial charge >= 0.3 is 0 Å². The van der Waals surface area contributed by atoms with Crippen LogP contribution in [0.15, 0.2) is 114 Å². The molecule has 0 saturated carbocycles. The lowest BCUT2D eigenvalue weighted by Crippen LogP contribution is -1.97. The Morgan fingerprint density at radius 1 is 0.412 bits per heavy atom. The minimum Gasteiger partial charge on any atom is -0.456 e. The van der Waals surface area contributed by atoms with Gasteiger partial charge in [0.25, 0.3) is 0 Å². The van der Waals surface area contributed by atoms with Gasteiger partial charge in [0.15, 0.2) is 0 Å². The van der Waals surface area contributed by atoms with Crippen molar-refractivity contribution in [2.24, 2.45) is 0 Å². The maximum atomic E-state index is 6.34. The minimum atomic E-state index is 0.906. The zero-order chi connectivity index (χ0) is 22.2. The highest BCUT2D eigenvalue weighted by Gasteiger charge is 2.22. The Hall–Kier alpha value is -4.56. The normalized spacial score (nSPS) is 12.4. The molecule has 0 radical (unpaired) electrons. The summed E-state index contributed by atoms with van der Waals surface area (Å²) in [7, 11) is 0. The van der Waals surface area contributed by atoms with E-state index in [-0.39, 0.29) is 0 Å². The molecule has 158 valence electrons. The second-order valence-corrected chi connectivity index (χ2v) is 8.91. The molecule has 2 nitrogen and oxygen atoms in total. The van der Waals surface area contributed by atoms with Gasteiger partial charge in [-0.05, 0) is 63.2 Å². The third-order valence-corrected chi connectivity index (χ3v) is 7.05. The summed E-state index contributed by atoms with van der Waals surface area (Å²) < 4.78 is 12.6. The van der Waals surface area contributed by atoms with Gasteiger partial charge in [0.1, 0.15) is 22.7 Å². The molecule has 1 aliphatic rings. The summed E-state index contributed by atoms with van der Waals surface area (Å²) in [6.07, 6.45) is 0. The third kappa shape index (κ3) is 2.35. The van der Waals surface area contributed by atoms with Crippen LogP contribution in [-0.2, 0) is 0 Å². The van der Waals surface area contributed by atoms with Gasteiger partial charge in [-0.1, -0.05) is 78.9 Å². The maximum absolute atomic E-state index is 6.34. The fourth-order valence-electron chi connectivity index (χ4n) is 5.55. The van der Waals surface area contributed by atoms with Crippen molar-refractivity contribution in [1.82, 2.24) is 0 Å². The molecule has 0 fully saturated rings. The highest BCUT2D eigenvalue weighted by molar-refractivity contribution is 6.19. The second-order valence-electron chi connectivity index (χ2n) is 8.91. The summed E-state index contributed by atoms with van der Waals surface area (Å²) in [6, 6.07) is 38.3. The van der Waals surface area contributed by atoms with Crippen molar-refractivity contribution in [2.75, 3.05) is 0 Å². The van der Waals surface area contributed by atoms with Gasteiger partial charge in [-0.3, -0.25) is 0 Å². The lowest BCUT2D eigenvalue weighted by Gasteiger charge is -2.22. The van der Waals surface area contributed by atoms with E-state index in [9.17, 15) is 0 Å². The van der Waals surface area contributed by atoms with Gasteiger partial charge < -0.3 is 9.15 Å². The van der Waals surface area contributed by atoms with E-state index in [0.29, 0.717) is 0 Å². The van der Waals surface area contributed by atoms with Gasteiger partial charge in [-0.2, -0.15) is 0 Å². The molecule has 2 heteroatoms. The molecule has 0 spiro atoms. The van der Waals surface area contributed by atoms with E-state index in [4.69, 9.17) is 9.15 Å². The average molecular weight is 434 g/mol. The number of hydrogen-bond donors (Lipinski definition) is 0. The Balaban J connectivity index is 1.48. The van der Waals surface area contributed by atoms with Crippen molar-refractivity contribution >= 4 is 43.5 Å². The molecule has 0 amide bonds. The molecule has 0 bridgehead atoms. The summed E-state index contributed by atoms with van der Waals surface area (Å²) >= 11 is 0. The summed E-state index contributed by atoms with van der Waals surface area (Å²) in [5, 5.41) is 7.05. The molecule has 1 aliphatic heterocycles. The quantitative estimate of drug-likeness (QED) is 0.257. The molecule has 6 aromatic carbocycles. The Morgan fingerprint density at radius 3 is 2.06 bits per heavy atom. The van der Waals surface area contributed by atoms with Crippen LogP contribution < -0.4 is 4.74 Å². The zero-order valence-electron chi connectivity index (χ0n) is 18.2. The Kier molecular flexibility index (Phi) is 3.42. The van der Waals surface area contributed by atoms with Gasteiger partial charge in [0, 0.05) is 21.7 Å². The van der Waals surface area contributed by atoms with Crippen LogP contribution in [0.4, 0.5) is 0 Å². The molecular formula is C32H18O2. The van der Waals surface area contributed by atoms with E-state index in [1.54, 1.807) is 0 Å². The first-order valence-corrected chi connectivity index (χ1v) is 11.5. The van der Waals surface area contributed by atoms with E-state index in [1.165, 1.54) is 32.8 Å². The van der Waals surface area contributed by atoms with Crippen LogP contribution in [0.2, 0.25) is 0 Å². The number of fused-ring (bicyclic) bond motifs is 6. The van der Waals surface area contributed by atoms with Crippen molar-refractivity contribution < 1.29 is 9.15 Å². The topological polar surface area (TPSA) is 22.4 Å². The summed E-state index contributed by atoms with van der Waals surface area (Å²) in [4.78, 5) is 0. The molecule has 1 aromatic heterocycles. The van der Waals surface area contributed by atoms with E-state index in [0.717, 1.165) is 44.4 Å². The largest absolute Gasteiger partial charge is 0.456 e. The van der Waals surface area contributed by atoms with Crippen LogP contribution >= 0.6 is 0 Å². The third-order valence-electron chi connectivity index (χ3n) is 7.05. The van der Waals surface area contributed by atoms with E-state index < -0.39 is 0 Å². The lowest BCUT2D eigenvalue weighted by molar-refractivity contribution is 0.487. The fraction of sp³-hybridized carbons (Fsp3) is 0. The monoisotopic (exact) mass is 434 g/mol. The first-order valence-electron chi connectivity index (χ1n) is 11.5. The molecule has 0 aliphatic carbocycles. The van der Waals surface area contributed by atoms with Crippen molar-refractivity contribution in [3.63, 3.8) is 0 Å². The number of furan rings is 1. The highest BCUT2D eigenvalue weighted by Crippen LogP contribution is 2.49. The first kappa shape index (κ1) is 17.9. The van der Waals surface area contributed by atoms with Crippen molar-refractivity contribution in [2.45, 2.75) is 0 Å². The second kappa shape index (κ2) is 6.49. The van der Waals surface area contributed by atoms with Gasteiger partial charge in [-0.15, -0.1) is 0 Å². The molecular weight excluding hydrogens is 416 g/mol. The Labute approximate surface area is 195 Å². The summed E-state index contributed by atoms with van der Waals surface area (Å²) in [5.41, 5.74) is 6.53. The predicted molar refractivity (Wildman–Crippen MR) is 140 cm³/mol. The maximum Gasteiger partial charge on any atom is 0.136 e. The summed E-state index contributed by atoms with van der Waals surface area (Å²) in [6.45, 7) is 0. The fourth-order valence-corrected chi connectivity index (χ4v) is 5.55. The number of hydrogen-bond acceptors (Lipinski definition) is 2. The Bertz CT molecular complexity index is 1940. The van der Waals surface area contributed by atoms with Crippen LogP contribution in [0.3, 0.4) is 0 Å². The number of ether oxygens (including phenoxy) is 1. The molecule has 8 rings (SSSR count). The molecule has 0 N–H and O–H groups in total. The van der Waals surface area contributed by atoms with Crippen LogP contribution in [0.25, 0.3) is 65.7 Å². The number of benzene rings is 6. The predicted octanol–water partition coefficient (Wildman–Crippen LogP) is 9.33. The Morgan fingerprint density at radius 2 is 1.15 bits per heavy atom. The zero-order valence-corrected chi connectivity index (χ0v) is 18.2. The number of para-hydroxylation sites is 1. The van der Waals surface area contributed by atoms with E-state index in [2.05, 4.69) is 97.1 Å². The van der Waals surface area contributed by atoms with Gasteiger partial charge in [-0.25, -0.2) is 0 Å². The lowest BCUT2D eigenvalue weighted by atomic mass is 9.89. The SMILES string of the molecule is c1ccc2c(c1)Oc1ccc(-c3cccc4oc5cc6ccccc6cc5c34)c3cccc-2c13. The standard InChI is InChI=1S/C32H18O2/c1-2-8-20-18-30-26(17-19(20)7-1)32-24(12-6-14-28(32)34-30)21-15-16-29-31-23(21)10-5-11-25(31)22-9-3-4-13-27(22)33-29/h1-18H. The smallest absolute Gasteiger partial charge is 0.136 e. The minimum absolute atomic E-state index is 0.906. The van der Waals surface area contributed by atoms with Crippen molar-refractivity contribution in [3.8, 4) is 33.8 Å². The molecule has 7 aromatic rings. The average Bonchev–Trinajstić information content (AvgIpc) is 3.25. The van der Waals surface area contributed by atoms with Crippen molar-refractivity contribution in [3.05, 3.63) is 109 Å². The van der Waals surface area contributed by atoms with E-state index >= 15 is 0 Å². The molecule has 0 unspecified atom stereocenters. The van der Waals surface area contributed by atoms with Crippen LogP contribution in [0, 0.1) is 0 Å². The van der Waals surface area contributed by atoms with E-state index in [1.807, 2.05) is 12.1 Å². The van der Waals surface area contributed by atoms with Crippen LogP contribution in [-0.4, -0.2) is 0 Å². The van der Waals surface area contributed by atoms with Crippen LogP contribution in [0.1, 0.15) is 0 Å². The first-order chi connectivity index (χ1) is 16.8. The van der Waals surface area contributed by atoms with Crippen molar-refractivity contribution in [1.29, 1.82) is 0 Å². The molecule has 2 heterocycles. The molecule has 0 atom stereocenters. The highest BCUT2D eigenvalue weighted by atomic mass is 16.5. The summed E-state index contributed by atoms with van der Waals surface area (Å²) in [5.74, 6) is 1.81. The number of rotatable bonds is 1. The van der Waals surface area contributed by atoms with Gasteiger partial charge in [0.05, 0.1) is 0 Å². The molecule has 0 saturated heterocycles. The molecule has 34 heavy (non-hydrogen) atoms.